The molecule has 0 saturated heterocycles. The molecule has 38 heavy (non-hydrogen) atoms. The Labute approximate surface area is 232 Å². The third-order valence-corrected chi connectivity index (χ3v) is 9.04. The van der Waals surface area contributed by atoms with Crippen LogP contribution in [0.5, 0.6) is 11.5 Å². The van der Waals surface area contributed by atoms with Gasteiger partial charge in [0.15, 0.2) is 0 Å². The number of phenolic OH excluding ortho intramolecular Hbond substituents is 2. The van der Waals surface area contributed by atoms with E-state index >= 15 is 0 Å². The Bertz CT molecular complexity index is 1140. The molecular formula is C23H36FeN2O10P2. The minimum Gasteiger partial charge on any atom is -0.508 e. The number of rotatable bonds is 14. The maximum atomic E-state index is 12.3. The summed E-state index contributed by atoms with van der Waals surface area (Å²) < 4.78 is 24.4. The van der Waals surface area contributed by atoms with Crippen LogP contribution >= 0.6 is 15.2 Å². The summed E-state index contributed by atoms with van der Waals surface area (Å²) in [7, 11) is -9.27. The van der Waals surface area contributed by atoms with E-state index in [4.69, 9.17) is 0 Å². The average Bonchev–Trinajstić information content (AvgIpc) is 2.82. The molecule has 12 nitrogen and oxygen atoms in total. The average molecular weight is 618 g/mol. The van der Waals surface area contributed by atoms with Gasteiger partial charge in [-0.1, -0.05) is 25.1 Å². The van der Waals surface area contributed by atoms with Crippen molar-refractivity contribution >= 4 is 15.2 Å². The summed E-state index contributed by atoms with van der Waals surface area (Å²) in [6.45, 7) is 2.04. The first-order valence-electron chi connectivity index (χ1n) is 11.6. The van der Waals surface area contributed by atoms with Crippen molar-refractivity contribution < 1.29 is 66.2 Å². The molecule has 0 aromatic heterocycles. The van der Waals surface area contributed by atoms with E-state index in [-0.39, 0.29) is 74.4 Å². The van der Waals surface area contributed by atoms with Crippen LogP contribution in [-0.2, 0) is 52.5 Å². The minimum absolute atomic E-state index is 0. The number of aliphatic hydroxyl groups excluding tert-OH is 2. The Hall–Kier alpha value is -1.30. The fourth-order valence-corrected chi connectivity index (χ4v) is 5.77. The zero-order chi connectivity index (χ0) is 28.0. The standard InChI is InChI=1S/C23H36N2O10P2.Fe/c1-3-23(37(33,34)35)25(13-20-10-17(14-26)5-7-21(20)28)9-8-24(16(2)36(30,31)32)12-19-6-4-18(15-27)11-22(19)29;/h4-7,10-11,16,23,26-29H,3,8-9,12-15H2,1-2H3,(H2,30,31,32)(H2,33,34,35);/t16?,23-;/m0./s1. The molecule has 0 aliphatic heterocycles. The predicted octanol–water partition coefficient (Wildman–Crippen LogP) is 1.82. The number of hydrogen-bond donors (Lipinski definition) is 8. The number of phenols is 2. The van der Waals surface area contributed by atoms with Crippen molar-refractivity contribution in [1.29, 1.82) is 0 Å². The first-order valence-corrected chi connectivity index (χ1v) is 15.0. The molecule has 0 radical (unpaired) electrons. The van der Waals surface area contributed by atoms with Crippen LogP contribution in [0.4, 0.5) is 0 Å². The number of hydrogen-bond acceptors (Lipinski definition) is 8. The van der Waals surface area contributed by atoms with E-state index in [0.717, 1.165) is 0 Å². The van der Waals surface area contributed by atoms with E-state index < -0.39 is 26.8 Å². The minimum atomic E-state index is -4.64. The van der Waals surface area contributed by atoms with Crippen molar-refractivity contribution in [2.75, 3.05) is 13.1 Å². The second kappa shape index (κ2) is 14.9. The van der Waals surface area contributed by atoms with Crippen LogP contribution in [0.3, 0.4) is 0 Å². The molecular weight excluding hydrogens is 582 g/mol. The normalized spacial score (nSPS) is 13.9. The molecule has 2 aromatic rings. The molecule has 0 aliphatic rings. The Morgan fingerprint density at radius 1 is 0.763 bits per heavy atom. The van der Waals surface area contributed by atoms with E-state index in [9.17, 15) is 49.1 Å². The fraction of sp³-hybridized carbons (Fsp3) is 0.478. The van der Waals surface area contributed by atoms with Crippen molar-refractivity contribution in [1.82, 2.24) is 9.80 Å². The van der Waals surface area contributed by atoms with Gasteiger partial charge in [0.25, 0.3) is 0 Å². The van der Waals surface area contributed by atoms with Gasteiger partial charge >= 0.3 is 15.2 Å². The first-order chi connectivity index (χ1) is 17.2. The molecule has 0 spiro atoms. The van der Waals surface area contributed by atoms with Crippen molar-refractivity contribution in [2.24, 2.45) is 0 Å². The number of benzene rings is 2. The molecule has 1 unspecified atom stereocenters. The summed E-state index contributed by atoms with van der Waals surface area (Å²) in [4.78, 5) is 42.5. The van der Waals surface area contributed by atoms with Gasteiger partial charge in [0, 0.05) is 54.4 Å². The Balaban J connectivity index is 0.00000722. The van der Waals surface area contributed by atoms with Gasteiger partial charge in [-0.2, -0.15) is 0 Å². The molecule has 0 bridgehead atoms. The van der Waals surface area contributed by atoms with Gasteiger partial charge in [-0.15, -0.1) is 0 Å². The van der Waals surface area contributed by atoms with Crippen molar-refractivity contribution in [3.8, 4) is 11.5 Å². The number of aliphatic hydroxyl groups is 2. The first kappa shape index (κ1) is 34.7. The third-order valence-electron chi connectivity index (χ3n) is 6.27. The Morgan fingerprint density at radius 2 is 1.29 bits per heavy atom. The second-order valence-corrected chi connectivity index (χ2v) is 12.6. The molecule has 216 valence electrons. The topological polar surface area (TPSA) is 202 Å². The molecule has 0 amide bonds. The zero-order valence-corrected chi connectivity index (χ0v) is 24.0. The molecule has 2 rings (SSSR count). The largest absolute Gasteiger partial charge is 0.508 e. The molecule has 0 aliphatic carbocycles. The number of nitrogens with zero attached hydrogens (tertiary/aromatic N) is 2. The summed E-state index contributed by atoms with van der Waals surface area (Å²) in [5.74, 6) is -2.82. The summed E-state index contributed by atoms with van der Waals surface area (Å²) in [6, 6.07) is 8.85. The monoisotopic (exact) mass is 618 g/mol. The van der Waals surface area contributed by atoms with Crippen LogP contribution in [0.15, 0.2) is 36.4 Å². The van der Waals surface area contributed by atoms with Crippen molar-refractivity contribution in [3.63, 3.8) is 0 Å². The third kappa shape index (κ3) is 9.71. The molecule has 0 fully saturated rings. The van der Waals surface area contributed by atoms with Crippen LogP contribution in [0.1, 0.15) is 42.5 Å². The SMILES string of the molecule is CC[C@@H](N(CCN(Cc1ccc(CO)cc1O)C(C)P(=O)(O)O)Cc1cc(CO)ccc1O)P(=O)(O)O.[Fe]. The maximum absolute atomic E-state index is 12.3. The van der Waals surface area contributed by atoms with E-state index in [1.54, 1.807) is 13.0 Å². The van der Waals surface area contributed by atoms with Gasteiger partial charge in [0.2, 0.25) is 0 Å². The molecule has 2 aromatic carbocycles. The summed E-state index contributed by atoms with van der Waals surface area (Å²) >= 11 is 0. The summed E-state index contributed by atoms with van der Waals surface area (Å²) in [5, 5.41) is 39.4. The van der Waals surface area contributed by atoms with Crippen LogP contribution in [0.2, 0.25) is 0 Å². The van der Waals surface area contributed by atoms with Gasteiger partial charge < -0.3 is 40.0 Å². The van der Waals surface area contributed by atoms with Gasteiger partial charge in [-0.3, -0.25) is 18.9 Å². The van der Waals surface area contributed by atoms with Gasteiger partial charge in [-0.25, -0.2) is 0 Å². The predicted molar refractivity (Wildman–Crippen MR) is 137 cm³/mol. The fourth-order valence-electron chi connectivity index (χ4n) is 4.05. The van der Waals surface area contributed by atoms with E-state index in [2.05, 4.69) is 0 Å². The van der Waals surface area contributed by atoms with E-state index in [1.165, 1.54) is 47.1 Å². The van der Waals surface area contributed by atoms with Crippen molar-refractivity contribution in [3.05, 3.63) is 58.7 Å². The zero-order valence-electron chi connectivity index (χ0n) is 21.1. The summed E-state index contributed by atoms with van der Waals surface area (Å²) in [6.07, 6.45) is 0.0577. The molecule has 0 heterocycles. The molecule has 15 heteroatoms. The van der Waals surface area contributed by atoms with Crippen LogP contribution in [0.25, 0.3) is 0 Å². The van der Waals surface area contributed by atoms with E-state index in [1.807, 2.05) is 0 Å². The summed E-state index contributed by atoms with van der Waals surface area (Å²) in [5.41, 5.74) is 1.62. The van der Waals surface area contributed by atoms with Crippen LogP contribution < -0.4 is 0 Å². The van der Waals surface area contributed by atoms with Crippen LogP contribution in [0, 0.1) is 0 Å². The quantitative estimate of drug-likeness (QED) is 0.113. The van der Waals surface area contributed by atoms with E-state index in [0.29, 0.717) is 22.3 Å². The molecule has 8 N–H and O–H groups in total. The van der Waals surface area contributed by atoms with Gasteiger partial charge in [-0.05, 0) is 42.7 Å². The number of aromatic hydroxyl groups is 2. The van der Waals surface area contributed by atoms with Crippen LogP contribution in [-0.4, -0.2) is 74.5 Å². The maximum Gasteiger partial charge on any atom is 0.342 e. The van der Waals surface area contributed by atoms with Gasteiger partial charge in [0.1, 0.15) is 23.1 Å². The Kier molecular flexibility index (Phi) is 13.6. The Morgan fingerprint density at radius 3 is 1.79 bits per heavy atom. The molecule has 2 atom stereocenters. The second-order valence-electron chi connectivity index (χ2n) is 8.88. The molecule has 0 saturated carbocycles. The smallest absolute Gasteiger partial charge is 0.342 e. The van der Waals surface area contributed by atoms with Crippen molar-refractivity contribution in [2.45, 2.75) is 58.1 Å². The van der Waals surface area contributed by atoms with Gasteiger partial charge in [0.05, 0.1) is 13.2 Å².